The molecule has 9 heteroatoms. The van der Waals surface area contributed by atoms with E-state index in [1.165, 1.54) is 11.8 Å². The highest BCUT2D eigenvalue weighted by molar-refractivity contribution is 8.00. The van der Waals surface area contributed by atoms with Crippen molar-refractivity contribution in [3.8, 4) is 11.4 Å². The van der Waals surface area contributed by atoms with Crippen LogP contribution in [-0.4, -0.2) is 37.4 Å². The zero-order valence-corrected chi connectivity index (χ0v) is 19.0. The molecule has 0 saturated carbocycles. The van der Waals surface area contributed by atoms with Crippen LogP contribution in [0.25, 0.3) is 11.3 Å². The molecule has 0 bridgehead atoms. The summed E-state index contributed by atoms with van der Waals surface area (Å²) in [7, 11) is 1.59. The van der Waals surface area contributed by atoms with Crippen molar-refractivity contribution in [1.82, 2.24) is 19.2 Å². The summed E-state index contributed by atoms with van der Waals surface area (Å²) in [6.45, 7) is 5.81. The molecule has 0 aliphatic rings. The topological polar surface area (TPSA) is 90.5 Å². The maximum atomic E-state index is 13.0. The standard InChI is InChI=1S/C23H23N5O3S/c1-14-5-8-18(13-15(14)2)27-11-12-28-20(22(27)30)25-26-23(28)32-16(3)21(29)24-17-6-9-19(31-4)10-7-17/h5-13,16H,1-4H3,(H,24,29). The van der Waals surface area contributed by atoms with Crippen LogP contribution >= 0.6 is 11.8 Å². The molecule has 1 atom stereocenters. The number of methoxy groups -OCH3 is 1. The maximum absolute atomic E-state index is 13.0. The van der Waals surface area contributed by atoms with Crippen LogP contribution < -0.4 is 15.6 Å². The molecule has 1 N–H and O–H groups in total. The van der Waals surface area contributed by atoms with E-state index in [4.69, 9.17) is 4.74 Å². The maximum Gasteiger partial charge on any atom is 0.300 e. The second kappa shape index (κ2) is 8.88. The lowest BCUT2D eigenvalue weighted by Gasteiger charge is -2.12. The van der Waals surface area contributed by atoms with Crippen molar-refractivity contribution in [2.75, 3.05) is 12.4 Å². The third-order valence-electron chi connectivity index (χ3n) is 5.22. The lowest BCUT2D eigenvalue weighted by molar-refractivity contribution is -0.115. The lowest BCUT2D eigenvalue weighted by atomic mass is 10.1. The van der Waals surface area contributed by atoms with Crippen molar-refractivity contribution in [2.24, 2.45) is 0 Å². The molecule has 2 aromatic carbocycles. The third kappa shape index (κ3) is 4.24. The van der Waals surface area contributed by atoms with Gasteiger partial charge in [-0.3, -0.25) is 18.6 Å². The Labute approximate surface area is 189 Å². The molecule has 0 fully saturated rings. The molecule has 4 rings (SSSR count). The zero-order valence-electron chi connectivity index (χ0n) is 18.2. The first-order chi connectivity index (χ1) is 15.4. The van der Waals surface area contributed by atoms with Gasteiger partial charge in [0.25, 0.3) is 0 Å². The Morgan fingerprint density at radius 1 is 1.06 bits per heavy atom. The number of amides is 1. The predicted octanol–water partition coefficient (Wildman–Crippen LogP) is 3.62. The average Bonchev–Trinajstić information content (AvgIpc) is 3.20. The highest BCUT2D eigenvalue weighted by Crippen LogP contribution is 2.23. The number of aryl methyl sites for hydroxylation is 2. The quantitative estimate of drug-likeness (QED) is 0.452. The molecule has 2 aromatic heterocycles. The minimum absolute atomic E-state index is 0.180. The summed E-state index contributed by atoms with van der Waals surface area (Å²) >= 11 is 1.23. The predicted molar refractivity (Wildman–Crippen MR) is 125 cm³/mol. The number of hydrogen-bond donors (Lipinski definition) is 1. The van der Waals surface area contributed by atoms with Crippen LogP contribution in [0.15, 0.2) is 64.8 Å². The van der Waals surface area contributed by atoms with Gasteiger partial charge in [0, 0.05) is 23.8 Å². The van der Waals surface area contributed by atoms with Crippen LogP contribution in [0.2, 0.25) is 0 Å². The van der Waals surface area contributed by atoms with Crippen LogP contribution in [0.5, 0.6) is 5.75 Å². The molecule has 164 valence electrons. The van der Waals surface area contributed by atoms with Crippen molar-refractivity contribution in [3.63, 3.8) is 0 Å². The molecule has 0 aliphatic heterocycles. The molecule has 1 unspecified atom stereocenters. The summed E-state index contributed by atoms with van der Waals surface area (Å²) in [5, 5.41) is 11.1. The fraction of sp³-hybridized carbons (Fsp3) is 0.217. The van der Waals surface area contributed by atoms with Crippen LogP contribution in [0.3, 0.4) is 0 Å². The van der Waals surface area contributed by atoms with Gasteiger partial charge in [-0.25, -0.2) is 0 Å². The average molecular weight is 450 g/mol. The summed E-state index contributed by atoms with van der Waals surface area (Å²) in [5.74, 6) is 0.534. The Hall–Kier alpha value is -3.59. The van der Waals surface area contributed by atoms with E-state index >= 15 is 0 Å². The minimum atomic E-state index is -0.452. The Morgan fingerprint density at radius 3 is 2.50 bits per heavy atom. The molecule has 0 spiro atoms. The number of nitrogens with one attached hydrogen (secondary N) is 1. The van der Waals surface area contributed by atoms with Gasteiger partial charge in [0.1, 0.15) is 5.75 Å². The number of carbonyl (C=O) groups is 1. The van der Waals surface area contributed by atoms with Gasteiger partial charge in [-0.1, -0.05) is 17.8 Å². The fourth-order valence-corrected chi connectivity index (χ4v) is 3.99. The van der Waals surface area contributed by atoms with E-state index in [1.54, 1.807) is 59.7 Å². The summed E-state index contributed by atoms with van der Waals surface area (Å²) in [6.07, 6.45) is 3.43. The normalized spacial score (nSPS) is 12.0. The molecule has 2 heterocycles. The number of carbonyl (C=O) groups excluding carboxylic acids is 1. The number of ether oxygens (including phenoxy) is 1. The molecular weight excluding hydrogens is 426 g/mol. The molecule has 32 heavy (non-hydrogen) atoms. The number of aromatic nitrogens is 4. The highest BCUT2D eigenvalue weighted by Gasteiger charge is 2.19. The van der Waals surface area contributed by atoms with Gasteiger partial charge in [-0.05, 0) is 68.3 Å². The number of hydrogen-bond acceptors (Lipinski definition) is 6. The van der Waals surface area contributed by atoms with Gasteiger partial charge >= 0.3 is 5.56 Å². The number of benzene rings is 2. The molecule has 0 radical (unpaired) electrons. The number of thioether (sulfide) groups is 1. The van der Waals surface area contributed by atoms with Crippen molar-refractivity contribution in [2.45, 2.75) is 31.2 Å². The molecule has 4 aromatic rings. The van der Waals surface area contributed by atoms with E-state index in [1.807, 2.05) is 32.0 Å². The Kier molecular flexibility index (Phi) is 6.00. The van der Waals surface area contributed by atoms with Gasteiger partial charge in [0.05, 0.1) is 12.4 Å². The fourth-order valence-electron chi connectivity index (χ4n) is 3.16. The monoisotopic (exact) mass is 449 g/mol. The molecule has 1 amide bonds. The second-order valence-corrected chi connectivity index (χ2v) is 8.70. The van der Waals surface area contributed by atoms with Gasteiger partial charge < -0.3 is 10.1 Å². The van der Waals surface area contributed by atoms with Gasteiger partial charge in [0.2, 0.25) is 11.6 Å². The zero-order chi connectivity index (χ0) is 22.8. The third-order valence-corrected chi connectivity index (χ3v) is 6.27. The number of fused-ring (bicyclic) bond motifs is 1. The minimum Gasteiger partial charge on any atom is -0.497 e. The summed E-state index contributed by atoms with van der Waals surface area (Å²) < 4.78 is 8.29. The van der Waals surface area contributed by atoms with Gasteiger partial charge in [-0.15, -0.1) is 10.2 Å². The molecular formula is C23H23N5O3S. The van der Waals surface area contributed by atoms with E-state index in [0.717, 1.165) is 16.8 Å². The van der Waals surface area contributed by atoms with Gasteiger partial charge in [0.15, 0.2) is 5.16 Å². The first-order valence-corrected chi connectivity index (χ1v) is 10.9. The van der Waals surface area contributed by atoms with Crippen molar-refractivity contribution in [3.05, 3.63) is 76.3 Å². The molecule has 0 aliphatic carbocycles. The molecule has 0 saturated heterocycles. The van der Waals surface area contributed by atoms with E-state index in [0.29, 0.717) is 16.6 Å². The summed E-state index contributed by atoms with van der Waals surface area (Å²) in [5.41, 5.74) is 3.63. The first kappa shape index (κ1) is 21.6. The number of anilines is 1. The highest BCUT2D eigenvalue weighted by atomic mass is 32.2. The SMILES string of the molecule is COc1ccc(NC(=O)C(C)Sc2nnc3c(=O)n(-c4ccc(C)c(C)c4)ccn23)cc1. The Balaban J connectivity index is 1.54. The smallest absolute Gasteiger partial charge is 0.300 e. The van der Waals surface area contributed by atoms with Crippen molar-refractivity contribution < 1.29 is 9.53 Å². The van der Waals surface area contributed by atoms with E-state index in [9.17, 15) is 9.59 Å². The molecule has 8 nitrogen and oxygen atoms in total. The number of nitrogens with zero attached hydrogens (tertiary/aromatic N) is 4. The van der Waals surface area contributed by atoms with Crippen LogP contribution in [-0.2, 0) is 4.79 Å². The summed E-state index contributed by atoms with van der Waals surface area (Å²) in [4.78, 5) is 25.6. The van der Waals surface area contributed by atoms with Crippen LogP contribution in [0.4, 0.5) is 5.69 Å². The lowest BCUT2D eigenvalue weighted by Crippen LogP contribution is -2.23. The van der Waals surface area contributed by atoms with E-state index in [-0.39, 0.29) is 17.1 Å². The Bertz CT molecular complexity index is 1340. The van der Waals surface area contributed by atoms with Crippen molar-refractivity contribution in [1.29, 1.82) is 0 Å². The van der Waals surface area contributed by atoms with Crippen LogP contribution in [0.1, 0.15) is 18.1 Å². The van der Waals surface area contributed by atoms with E-state index in [2.05, 4.69) is 15.5 Å². The Morgan fingerprint density at radius 2 is 1.81 bits per heavy atom. The first-order valence-electron chi connectivity index (χ1n) is 10.0. The number of rotatable bonds is 6. The second-order valence-electron chi connectivity index (χ2n) is 7.40. The summed E-state index contributed by atoms with van der Waals surface area (Å²) in [6, 6.07) is 12.9. The van der Waals surface area contributed by atoms with Crippen molar-refractivity contribution >= 4 is 29.0 Å². The largest absolute Gasteiger partial charge is 0.497 e. The van der Waals surface area contributed by atoms with Gasteiger partial charge in [-0.2, -0.15) is 0 Å². The van der Waals surface area contributed by atoms with Crippen LogP contribution in [0, 0.1) is 13.8 Å². The van der Waals surface area contributed by atoms with E-state index < -0.39 is 5.25 Å².